The highest BCUT2D eigenvalue weighted by atomic mass is 32.2. The van der Waals surface area contributed by atoms with E-state index in [9.17, 15) is 22.9 Å². The summed E-state index contributed by atoms with van der Waals surface area (Å²) in [5, 5.41) is 13.2. The van der Waals surface area contributed by atoms with Crippen LogP contribution in [0.5, 0.6) is 0 Å². The molecule has 0 saturated carbocycles. The smallest absolute Gasteiger partial charge is 0.266 e. The quantitative estimate of drug-likeness (QED) is 0.0508. The maximum atomic E-state index is 12.4. The minimum Gasteiger partial charge on any atom is -0.391 e. The molecule has 0 aliphatic carbocycles. The summed E-state index contributed by atoms with van der Waals surface area (Å²) in [6.45, 7) is 4.44. The van der Waals surface area contributed by atoms with Crippen molar-refractivity contribution in [3.05, 3.63) is 12.2 Å². The molecule has 0 aliphatic heterocycles. The highest BCUT2D eigenvalue weighted by Crippen LogP contribution is 2.15. The van der Waals surface area contributed by atoms with E-state index in [0.29, 0.717) is 12.8 Å². The number of hydrogen-bond acceptors (Lipinski definition) is 4. The molecule has 0 aliphatic rings. The second-order valence-corrected chi connectivity index (χ2v) is 12.6. The van der Waals surface area contributed by atoms with Crippen molar-refractivity contribution in [2.45, 2.75) is 174 Å². The summed E-state index contributed by atoms with van der Waals surface area (Å²) in [6.07, 6.45) is 28.7. The average Bonchev–Trinajstić information content (AvgIpc) is 2.86. The standard InChI is InChI=1S/C31H61NO5S/c1-3-5-7-9-11-13-15-17-18-20-22-24-26-30(33)29(28-38(35,36)37)32-31(34)27-25-23-21-19-16-14-12-10-8-6-4-2/h10,12,29-30,33H,3-9,11,13-28H2,1-2H3,(H,32,34)(H,35,36,37)/b12-10-. The summed E-state index contributed by atoms with van der Waals surface area (Å²) in [5.74, 6) is -0.907. The highest BCUT2D eigenvalue weighted by Gasteiger charge is 2.26. The molecule has 0 aromatic heterocycles. The van der Waals surface area contributed by atoms with Crippen LogP contribution < -0.4 is 5.32 Å². The van der Waals surface area contributed by atoms with Gasteiger partial charge in [-0.15, -0.1) is 0 Å². The Morgan fingerprint density at radius 3 is 1.66 bits per heavy atom. The SMILES string of the molecule is CCCC/C=C\CCCCCCCC(=O)NC(CS(=O)(=O)O)C(O)CCCCCCCCCCCCCC. The van der Waals surface area contributed by atoms with Crippen molar-refractivity contribution in [1.29, 1.82) is 0 Å². The molecule has 0 aromatic carbocycles. The van der Waals surface area contributed by atoms with Gasteiger partial charge >= 0.3 is 0 Å². The molecular weight excluding hydrogens is 498 g/mol. The zero-order valence-electron chi connectivity index (χ0n) is 24.8. The van der Waals surface area contributed by atoms with Crippen molar-refractivity contribution in [2.24, 2.45) is 0 Å². The van der Waals surface area contributed by atoms with E-state index in [1.54, 1.807) is 0 Å². The first-order valence-corrected chi connectivity index (χ1v) is 17.5. The number of rotatable bonds is 28. The zero-order valence-corrected chi connectivity index (χ0v) is 25.6. The van der Waals surface area contributed by atoms with Crippen molar-refractivity contribution in [3.8, 4) is 0 Å². The van der Waals surface area contributed by atoms with Gasteiger partial charge in [0.1, 0.15) is 0 Å². The molecule has 3 N–H and O–H groups in total. The minimum absolute atomic E-state index is 0.258. The van der Waals surface area contributed by atoms with Crippen molar-refractivity contribution in [3.63, 3.8) is 0 Å². The van der Waals surface area contributed by atoms with E-state index in [1.165, 1.54) is 70.6 Å². The van der Waals surface area contributed by atoms with Gasteiger partial charge in [-0.2, -0.15) is 8.42 Å². The maximum absolute atomic E-state index is 12.4. The minimum atomic E-state index is -4.30. The molecule has 0 spiro atoms. The fourth-order valence-corrected chi connectivity index (χ4v) is 5.55. The van der Waals surface area contributed by atoms with Crippen LogP contribution in [0.2, 0.25) is 0 Å². The first-order valence-electron chi connectivity index (χ1n) is 15.9. The van der Waals surface area contributed by atoms with E-state index in [1.807, 2.05) is 0 Å². The van der Waals surface area contributed by atoms with Crippen molar-refractivity contribution in [2.75, 3.05) is 5.75 Å². The largest absolute Gasteiger partial charge is 0.391 e. The lowest BCUT2D eigenvalue weighted by Crippen LogP contribution is -2.47. The second kappa shape index (κ2) is 26.3. The molecule has 2 atom stereocenters. The molecule has 0 fully saturated rings. The molecule has 0 rings (SSSR count). The molecule has 226 valence electrons. The van der Waals surface area contributed by atoms with Gasteiger partial charge in [-0.25, -0.2) is 0 Å². The van der Waals surface area contributed by atoms with Gasteiger partial charge in [0.25, 0.3) is 10.1 Å². The van der Waals surface area contributed by atoms with Crippen LogP contribution in [0, 0.1) is 0 Å². The summed E-state index contributed by atoms with van der Waals surface area (Å²) < 4.78 is 32.2. The van der Waals surface area contributed by atoms with Crippen LogP contribution in [0.1, 0.15) is 162 Å². The van der Waals surface area contributed by atoms with Gasteiger partial charge in [0.05, 0.1) is 17.9 Å². The fourth-order valence-electron chi connectivity index (χ4n) is 4.79. The van der Waals surface area contributed by atoms with Gasteiger partial charge in [0.15, 0.2) is 0 Å². The molecule has 0 saturated heterocycles. The molecule has 0 radical (unpaired) electrons. The summed E-state index contributed by atoms with van der Waals surface area (Å²) in [5.41, 5.74) is 0. The van der Waals surface area contributed by atoms with Crippen LogP contribution in [-0.2, 0) is 14.9 Å². The lowest BCUT2D eigenvalue weighted by molar-refractivity contribution is -0.122. The summed E-state index contributed by atoms with van der Waals surface area (Å²) in [4.78, 5) is 12.4. The van der Waals surface area contributed by atoms with Crippen LogP contribution in [-0.4, -0.2) is 41.9 Å². The predicted molar refractivity (Wildman–Crippen MR) is 161 cm³/mol. The van der Waals surface area contributed by atoms with E-state index < -0.39 is 28.0 Å². The monoisotopic (exact) mass is 559 g/mol. The number of amides is 1. The number of hydrogen-bond donors (Lipinski definition) is 3. The Bertz CT molecular complexity index is 665. The third-order valence-corrected chi connectivity index (χ3v) is 8.00. The molecule has 2 unspecified atom stereocenters. The van der Waals surface area contributed by atoms with Crippen LogP contribution in [0.25, 0.3) is 0 Å². The van der Waals surface area contributed by atoms with Gasteiger partial charge in [-0.1, -0.05) is 135 Å². The third kappa shape index (κ3) is 26.7. The third-order valence-electron chi connectivity index (χ3n) is 7.22. The van der Waals surface area contributed by atoms with Crippen LogP contribution >= 0.6 is 0 Å². The normalized spacial score (nSPS) is 13.7. The van der Waals surface area contributed by atoms with Gasteiger partial charge in [0.2, 0.25) is 5.91 Å². The van der Waals surface area contributed by atoms with Crippen LogP contribution in [0.4, 0.5) is 0 Å². The number of nitrogens with one attached hydrogen (secondary N) is 1. The maximum Gasteiger partial charge on any atom is 0.266 e. The lowest BCUT2D eigenvalue weighted by atomic mass is 10.0. The number of allylic oxidation sites excluding steroid dienone is 2. The topological polar surface area (TPSA) is 104 Å². The molecule has 0 heterocycles. The van der Waals surface area contributed by atoms with Crippen LogP contribution in [0.15, 0.2) is 12.2 Å². The van der Waals surface area contributed by atoms with Crippen molar-refractivity contribution < 1.29 is 22.9 Å². The predicted octanol–water partition coefficient (Wildman–Crippen LogP) is 8.29. The molecule has 38 heavy (non-hydrogen) atoms. The Kier molecular flexibility index (Phi) is 25.7. The number of carbonyl (C=O) groups is 1. The first kappa shape index (κ1) is 37.1. The van der Waals surface area contributed by atoms with E-state index in [2.05, 4.69) is 31.3 Å². The average molecular weight is 560 g/mol. The summed E-state index contributed by atoms with van der Waals surface area (Å²) in [7, 11) is -4.30. The zero-order chi connectivity index (χ0) is 28.3. The highest BCUT2D eigenvalue weighted by molar-refractivity contribution is 7.85. The van der Waals surface area contributed by atoms with Crippen LogP contribution in [0.3, 0.4) is 0 Å². The fraction of sp³-hybridized carbons (Fsp3) is 0.903. The molecule has 6 nitrogen and oxygen atoms in total. The van der Waals surface area contributed by atoms with Crippen molar-refractivity contribution >= 4 is 16.0 Å². The summed E-state index contributed by atoms with van der Waals surface area (Å²) >= 11 is 0. The van der Waals surface area contributed by atoms with E-state index in [-0.39, 0.29) is 5.91 Å². The van der Waals surface area contributed by atoms with Gasteiger partial charge in [-0.3, -0.25) is 9.35 Å². The lowest BCUT2D eigenvalue weighted by Gasteiger charge is -2.23. The number of unbranched alkanes of at least 4 members (excludes halogenated alkanes) is 18. The molecular formula is C31H61NO5S. The first-order chi connectivity index (χ1) is 18.3. The van der Waals surface area contributed by atoms with Gasteiger partial charge in [0, 0.05) is 6.42 Å². The van der Waals surface area contributed by atoms with E-state index >= 15 is 0 Å². The second-order valence-electron chi connectivity index (χ2n) is 11.1. The summed E-state index contributed by atoms with van der Waals surface area (Å²) in [6, 6.07) is -0.968. The van der Waals surface area contributed by atoms with Gasteiger partial charge < -0.3 is 10.4 Å². The Balaban J connectivity index is 4.01. The van der Waals surface area contributed by atoms with E-state index in [0.717, 1.165) is 64.2 Å². The number of aliphatic hydroxyl groups excluding tert-OH is 1. The van der Waals surface area contributed by atoms with Gasteiger partial charge in [-0.05, 0) is 32.1 Å². The number of aliphatic hydroxyl groups is 1. The Labute approximate surface area is 235 Å². The Hall–Kier alpha value is -0.920. The number of carbonyl (C=O) groups excluding carboxylic acids is 1. The molecule has 7 heteroatoms. The molecule has 0 aromatic rings. The molecule has 1 amide bonds. The Morgan fingerprint density at radius 2 is 1.13 bits per heavy atom. The van der Waals surface area contributed by atoms with E-state index in [4.69, 9.17) is 0 Å². The van der Waals surface area contributed by atoms with Crippen molar-refractivity contribution in [1.82, 2.24) is 5.32 Å². The molecule has 0 bridgehead atoms. The Morgan fingerprint density at radius 1 is 0.684 bits per heavy atom.